The van der Waals surface area contributed by atoms with Crippen LogP contribution in [0.2, 0.25) is 10.0 Å². The summed E-state index contributed by atoms with van der Waals surface area (Å²) in [5.41, 5.74) is 2.72. The minimum Gasteiger partial charge on any atom is -0.434 e. The molecular formula is C20H17Cl2F2N5O3. The van der Waals surface area contributed by atoms with E-state index >= 15 is 0 Å². The molecule has 1 aromatic carbocycles. The summed E-state index contributed by atoms with van der Waals surface area (Å²) >= 11 is 12.6. The Morgan fingerprint density at radius 3 is 2.47 bits per heavy atom. The molecule has 1 fully saturated rings. The average molecular weight is 484 g/mol. The van der Waals surface area contributed by atoms with Gasteiger partial charge in [0.1, 0.15) is 5.82 Å². The molecular weight excluding hydrogens is 467 g/mol. The molecule has 2 aliphatic rings. The van der Waals surface area contributed by atoms with Gasteiger partial charge in [0.25, 0.3) is 11.5 Å². The van der Waals surface area contributed by atoms with Gasteiger partial charge in [0.05, 0.1) is 10.0 Å². The van der Waals surface area contributed by atoms with E-state index in [0.29, 0.717) is 5.56 Å². The van der Waals surface area contributed by atoms with Crippen LogP contribution < -0.4 is 21.0 Å². The van der Waals surface area contributed by atoms with Gasteiger partial charge in [0.2, 0.25) is 11.8 Å². The fourth-order valence-corrected chi connectivity index (χ4v) is 4.16. The lowest BCUT2D eigenvalue weighted by Crippen LogP contribution is -2.40. The van der Waals surface area contributed by atoms with Gasteiger partial charge in [-0.2, -0.15) is 5.10 Å². The third-order valence-corrected chi connectivity index (χ3v) is 5.95. The first-order valence-electron chi connectivity index (χ1n) is 9.53. The molecule has 1 aliphatic heterocycles. The van der Waals surface area contributed by atoms with Crippen molar-refractivity contribution in [2.75, 3.05) is 0 Å². The largest absolute Gasteiger partial charge is 0.434 e. The minimum absolute atomic E-state index is 0.0141. The number of hydrazone groups is 1. The van der Waals surface area contributed by atoms with Gasteiger partial charge in [-0.25, -0.2) is 13.9 Å². The third-order valence-electron chi connectivity index (χ3n) is 5.39. The number of benzene rings is 1. The Hall–Kier alpha value is -2.98. The molecule has 12 heteroatoms. The zero-order chi connectivity index (χ0) is 23.2. The number of hydrogen-bond acceptors (Lipinski definition) is 6. The highest BCUT2D eigenvalue weighted by Gasteiger charge is 2.48. The molecule has 0 bridgehead atoms. The van der Waals surface area contributed by atoms with Crippen molar-refractivity contribution < 1.29 is 18.3 Å². The Kier molecular flexibility index (Phi) is 5.68. The lowest BCUT2D eigenvalue weighted by molar-refractivity contribution is -0.116. The number of rotatable bonds is 5. The maximum atomic E-state index is 13.2. The molecule has 3 N–H and O–H groups in total. The van der Waals surface area contributed by atoms with Gasteiger partial charge >= 0.3 is 0 Å². The van der Waals surface area contributed by atoms with Crippen molar-refractivity contribution in [2.24, 2.45) is 11.0 Å². The van der Waals surface area contributed by atoms with Gasteiger partial charge < -0.3 is 10.1 Å². The van der Waals surface area contributed by atoms with Gasteiger partial charge in [0.15, 0.2) is 11.5 Å². The van der Waals surface area contributed by atoms with E-state index in [-0.39, 0.29) is 57.5 Å². The number of halogens is 4. The molecule has 1 atom stereocenters. The van der Waals surface area contributed by atoms with Crippen molar-refractivity contribution in [2.45, 2.75) is 31.6 Å². The van der Waals surface area contributed by atoms with Crippen LogP contribution in [0.4, 0.5) is 8.78 Å². The van der Waals surface area contributed by atoms with E-state index in [1.54, 1.807) is 6.92 Å². The maximum Gasteiger partial charge on any atom is 0.277 e. The monoisotopic (exact) mass is 483 g/mol. The Bertz CT molecular complexity index is 1180. The van der Waals surface area contributed by atoms with Crippen molar-refractivity contribution >= 4 is 34.8 Å². The number of H-pyrrole nitrogens is 1. The molecule has 8 nitrogen and oxygen atoms in total. The number of alkyl halides is 2. The van der Waals surface area contributed by atoms with Crippen LogP contribution in [0.15, 0.2) is 40.5 Å². The first-order chi connectivity index (χ1) is 15.0. The van der Waals surface area contributed by atoms with E-state index in [0.717, 1.165) is 0 Å². The smallest absolute Gasteiger partial charge is 0.277 e. The molecule has 2 heterocycles. The summed E-state index contributed by atoms with van der Waals surface area (Å²) in [6.45, 7) is 5.26. The molecule has 1 aliphatic carbocycles. The van der Waals surface area contributed by atoms with E-state index in [1.807, 2.05) is 0 Å². The van der Waals surface area contributed by atoms with Crippen LogP contribution in [0, 0.1) is 5.92 Å². The van der Waals surface area contributed by atoms with Gasteiger partial charge in [-0.3, -0.25) is 15.0 Å². The number of nitrogens with one attached hydrogen (secondary N) is 3. The first-order valence-corrected chi connectivity index (χ1v) is 10.3. The Morgan fingerprint density at radius 2 is 1.88 bits per heavy atom. The summed E-state index contributed by atoms with van der Waals surface area (Å²) in [7, 11) is 0. The topological polar surface area (TPSA) is 108 Å². The maximum absolute atomic E-state index is 13.2. The Balaban J connectivity index is 1.59. The quantitative estimate of drug-likeness (QED) is 0.597. The van der Waals surface area contributed by atoms with Crippen molar-refractivity contribution in [1.82, 2.24) is 20.9 Å². The van der Waals surface area contributed by atoms with Crippen LogP contribution in [0.5, 0.6) is 11.6 Å². The SMILES string of the molecule is C=C1NN=C(c2cc(Cl)c(Oc3cc(C(C)C4CC(F)(F)C4)c(=O)[nH]n3)c(Cl)c2)C(=O)N1. The summed E-state index contributed by atoms with van der Waals surface area (Å²) in [4.78, 5) is 24.3. The molecule has 0 spiro atoms. The number of hydrogen-bond donors (Lipinski definition) is 3. The van der Waals surface area contributed by atoms with E-state index in [4.69, 9.17) is 27.9 Å². The zero-order valence-electron chi connectivity index (χ0n) is 16.6. The van der Waals surface area contributed by atoms with Crippen molar-refractivity contribution in [3.8, 4) is 11.6 Å². The van der Waals surface area contributed by atoms with E-state index in [2.05, 4.69) is 32.6 Å². The molecule has 1 saturated carbocycles. The van der Waals surface area contributed by atoms with Crippen LogP contribution in [0.1, 0.15) is 36.8 Å². The fraction of sp³-hybridized carbons (Fsp3) is 0.300. The van der Waals surface area contributed by atoms with Gasteiger partial charge in [0, 0.05) is 30.0 Å². The number of aromatic amines is 1. The van der Waals surface area contributed by atoms with Crippen LogP contribution in [0.25, 0.3) is 0 Å². The zero-order valence-corrected chi connectivity index (χ0v) is 18.2. The van der Waals surface area contributed by atoms with Crippen LogP contribution in [-0.4, -0.2) is 27.7 Å². The number of carbonyl (C=O) groups is 1. The predicted molar refractivity (Wildman–Crippen MR) is 114 cm³/mol. The number of ether oxygens (including phenoxy) is 1. The molecule has 0 radical (unpaired) electrons. The molecule has 1 amide bonds. The van der Waals surface area contributed by atoms with Gasteiger partial charge in [-0.15, -0.1) is 5.10 Å². The molecule has 1 unspecified atom stereocenters. The Morgan fingerprint density at radius 1 is 1.22 bits per heavy atom. The molecule has 32 heavy (non-hydrogen) atoms. The van der Waals surface area contributed by atoms with Crippen LogP contribution >= 0.6 is 23.2 Å². The molecule has 1 aromatic heterocycles. The van der Waals surface area contributed by atoms with Crippen LogP contribution in [-0.2, 0) is 4.79 Å². The summed E-state index contributed by atoms with van der Waals surface area (Å²) in [5, 5.41) is 12.7. The van der Waals surface area contributed by atoms with Gasteiger partial charge in [-0.1, -0.05) is 36.7 Å². The summed E-state index contributed by atoms with van der Waals surface area (Å²) in [5.74, 6) is -3.66. The number of nitrogens with zero attached hydrogens (tertiary/aromatic N) is 2. The fourth-order valence-electron chi connectivity index (χ4n) is 3.60. The predicted octanol–water partition coefficient (Wildman–Crippen LogP) is 3.91. The second-order valence-corrected chi connectivity index (χ2v) is 8.49. The highest BCUT2D eigenvalue weighted by atomic mass is 35.5. The Labute approximate surface area is 190 Å². The summed E-state index contributed by atoms with van der Waals surface area (Å²) < 4.78 is 32.2. The van der Waals surface area contributed by atoms with Crippen molar-refractivity contribution in [1.29, 1.82) is 0 Å². The minimum atomic E-state index is -2.69. The van der Waals surface area contributed by atoms with Crippen molar-refractivity contribution in [3.05, 3.63) is 62.1 Å². The number of carbonyl (C=O) groups excluding carboxylic acids is 1. The second kappa shape index (κ2) is 8.18. The number of amides is 1. The lowest BCUT2D eigenvalue weighted by atomic mass is 9.71. The van der Waals surface area contributed by atoms with Gasteiger partial charge in [-0.05, 0) is 24.0 Å². The van der Waals surface area contributed by atoms with E-state index in [9.17, 15) is 18.4 Å². The summed E-state index contributed by atoms with van der Waals surface area (Å²) in [6, 6.07) is 4.25. The highest BCUT2D eigenvalue weighted by Crippen LogP contribution is 2.48. The van der Waals surface area contributed by atoms with Crippen molar-refractivity contribution in [3.63, 3.8) is 0 Å². The van der Waals surface area contributed by atoms with E-state index in [1.165, 1.54) is 18.2 Å². The normalized spacial score (nSPS) is 18.8. The first kappa shape index (κ1) is 22.2. The molecule has 0 saturated heterocycles. The molecule has 4 rings (SSSR count). The number of aromatic nitrogens is 2. The van der Waals surface area contributed by atoms with E-state index < -0.39 is 23.3 Å². The standard InChI is InChI=1S/C20H17Cl2F2N5O3/c1-8(11-6-20(23,24)7-11)12-5-15(27-29-18(12)30)32-17-13(21)3-10(4-14(17)22)16-19(31)25-9(2)26-28-16/h3-5,8,11,26H,2,6-7H2,1H3,(H,25,31)(H,29,30). The summed E-state index contributed by atoms with van der Waals surface area (Å²) in [6.07, 6.45) is -0.546. The second-order valence-electron chi connectivity index (χ2n) is 7.68. The average Bonchev–Trinajstić information content (AvgIpc) is 2.69. The molecule has 168 valence electrons. The molecule has 2 aromatic rings. The highest BCUT2D eigenvalue weighted by molar-refractivity contribution is 6.47. The third kappa shape index (κ3) is 4.33. The van der Waals surface area contributed by atoms with Crippen LogP contribution in [0.3, 0.4) is 0 Å². The lowest BCUT2D eigenvalue weighted by Gasteiger charge is -2.38.